The normalized spacial score (nSPS) is 31.4. The van der Waals surface area contributed by atoms with Crippen molar-refractivity contribution in [3.8, 4) is 18.2 Å². The molecule has 0 aromatic carbocycles. The lowest BCUT2D eigenvalue weighted by Crippen LogP contribution is -2.25. The van der Waals surface area contributed by atoms with E-state index in [-0.39, 0.29) is 12.5 Å². The zero-order valence-electron chi connectivity index (χ0n) is 11.6. The number of hydrogen-bond donors (Lipinski definition) is 0. The summed E-state index contributed by atoms with van der Waals surface area (Å²) >= 11 is 0. The molecule has 2 saturated carbocycles. The van der Waals surface area contributed by atoms with Crippen molar-refractivity contribution in [2.24, 2.45) is 22.7 Å². The first-order valence-corrected chi connectivity index (χ1v) is 7.05. The molecule has 2 aliphatic carbocycles. The van der Waals surface area contributed by atoms with Gasteiger partial charge in [-0.3, -0.25) is 4.79 Å². The molecule has 20 heavy (non-hydrogen) atoms. The second kappa shape index (κ2) is 5.14. The zero-order valence-corrected chi connectivity index (χ0v) is 11.6. The summed E-state index contributed by atoms with van der Waals surface area (Å²) in [6, 6.07) is 5.85. The van der Waals surface area contributed by atoms with Crippen LogP contribution in [0, 0.1) is 56.7 Å². The van der Waals surface area contributed by atoms with Gasteiger partial charge in [-0.2, -0.15) is 15.8 Å². The summed E-state index contributed by atoms with van der Waals surface area (Å²) < 4.78 is 4.98. The van der Waals surface area contributed by atoms with Gasteiger partial charge in [-0.1, -0.05) is 32.1 Å². The fourth-order valence-corrected chi connectivity index (χ4v) is 3.75. The molecular formula is C15H17N3O2. The number of hydrogen-bond acceptors (Lipinski definition) is 5. The Bertz CT molecular complexity index is 517. The van der Waals surface area contributed by atoms with Crippen LogP contribution in [0.2, 0.25) is 0 Å². The van der Waals surface area contributed by atoms with Gasteiger partial charge in [-0.15, -0.1) is 0 Å². The molecule has 0 aromatic heterocycles. The van der Waals surface area contributed by atoms with E-state index in [1.807, 2.05) is 18.2 Å². The zero-order chi connectivity index (χ0) is 14.8. The van der Waals surface area contributed by atoms with Crippen LogP contribution in [0.4, 0.5) is 0 Å². The average Bonchev–Trinajstić information content (AvgIpc) is 3.12. The summed E-state index contributed by atoms with van der Waals surface area (Å²) in [7, 11) is 0. The molecule has 2 rings (SSSR count). The number of esters is 1. The Morgan fingerprint density at radius 2 is 1.75 bits per heavy atom. The molecule has 0 radical (unpaired) electrons. The highest BCUT2D eigenvalue weighted by molar-refractivity contribution is 5.89. The second-order valence-electron chi connectivity index (χ2n) is 5.55. The molecule has 5 nitrogen and oxygen atoms in total. The van der Waals surface area contributed by atoms with E-state index < -0.39 is 22.7 Å². The van der Waals surface area contributed by atoms with E-state index >= 15 is 0 Å². The van der Waals surface area contributed by atoms with Crippen LogP contribution in [0.1, 0.15) is 39.0 Å². The summed E-state index contributed by atoms with van der Waals surface area (Å²) in [5.41, 5.74) is -3.12. The Labute approximate surface area is 118 Å². The highest BCUT2D eigenvalue weighted by atomic mass is 16.5. The molecule has 0 bridgehead atoms. The van der Waals surface area contributed by atoms with Crippen LogP contribution in [-0.4, -0.2) is 12.6 Å². The summed E-state index contributed by atoms with van der Waals surface area (Å²) in [5, 5.41) is 28.3. The van der Waals surface area contributed by atoms with Gasteiger partial charge in [0.2, 0.25) is 0 Å². The molecule has 0 N–H and O–H groups in total. The van der Waals surface area contributed by atoms with Crippen molar-refractivity contribution in [2.45, 2.75) is 39.0 Å². The Hall–Kier alpha value is -2.06. The molecule has 0 aliphatic heterocycles. The largest absolute Gasteiger partial charge is 0.465 e. The number of carbonyl (C=O) groups excluding carboxylic acids is 1. The predicted octanol–water partition coefficient (Wildman–Crippen LogP) is 2.30. The van der Waals surface area contributed by atoms with Crippen LogP contribution in [0.3, 0.4) is 0 Å². The van der Waals surface area contributed by atoms with Crippen molar-refractivity contribution < 1.29 is 9.53 Å². The SMILES string of the molecule is CCOC(=O)[C@@]1(C#N)[C@@H](C2CCCCC2)C1(C#N)C#N. The van der Waals surface area contributed by atoms with Crippen LogP contribution in [-0.2, 0) is 9.53 Å². The van der Waals surface area contributed by atoms with Gasteiger partial charge in [0.05, 0.1) is 24.8 Å². The molecule has 104 valence electrons. The molecule has 2 aliphatic rings. The van der Waals surface area contributed by atoms with E-state index in [9.17, 15) is 20.6 Å². The molecule has 2 atom stereocenters. The maximum atomic E-state index is 12.2. The quantitative estimate of drug-likeness (QED) is 0.733. The molecule has 0 amide bonds. The van der Waals surface area contributed by atoms with E-state index in [2.05, 4.69) is 0 Å². The lowest BCUT2D eigenvalue weighted by Gasteiger charge is -2.22. The molecule has 0 saturated heterocycles. The van der Waals surface area contributed by atoms with Crippen LogP contribution >= 0.6 is 0 Å². The third kappa shape index (κ3) is 1.61. The van der Waals surface area contributed by atoms with Gasteiger partial charge in [0.25, 0.3) is 0 Å². The molecule has 5 heteroatoms. The molecular weight excluding hydrogens is 254 g/mol. The van der Waals surface area contributed by atoms with Gasteiger partial charge in [-0.05, 0) is 12.8 Å². The van der Waals surface area contributed by atoms with Crippen molar-refractivity contribution in [1.29, 1.82) is 15.8 Å². The Balaban J connectivity index is 2.39. The predicted molar refractivity (Wildman–Crippen MR) is 68.4 cm³/mol. The fraction of sp³-hybridized carbons (Fsp3) is 0.733. The minimum Gasteiger partial charge on any atom is -0.465 e. The topological polar surface area (TPSA) is 97.7 Å². The summed E-state index contributed by atoms with van der Waals surface area (Å²) in [4.78, 5) is 12.2. The monoisotopic (exact) mass is 271 g/mol. The van der Waals surface area contributed by atoms with Crippen molar-refractivity contribution in [2.75, 3.05) is 6.61 Å². The Morgan fingerprint density at radius 1 is 1.15 bits per heavy atom. The molecule has 0 aromatic rings. The van der Waals surface area contributed by atoms with Crippen LogP contribution in [0.15, 0.2) is 0 Å². The number of nitriles is 3. The summed E-state index contributed by atoms with van der Waals surface area (Å²) in [6.07, 6.45) is 4.93. The van der Waals surface area contributed by atoms with E-state index in [1.54, 1.807) is 6.92 Å². The number of carbonyl (C=O) groups is 1. The molecule has 2 fully saturated rings. The van der Waals surface area contributed by atoms with Gasteiger partial charge in [0, 0.05) is 5.92 Å². The van der Waals surface area contributed by atoms with Gasteiger partial charge < -0.3 is 4.74 Å². The van der Waals surface area contributed by atoms with Crippen LogP contribution < -0.4 is 0 Å². The summed E-state index contributed by atoms with van der Waals surface area (Å²) in [6.45, 7) is 1.80. The third-order valence-corrected chi connectivity index (χ3v) is 4.72. The minimum absolute atomic E-state index is 0.0899. The van der Waals surface area contributed by atoms with Crippen molar-refractivity contribution in [1.82, 2.24) is 0 Å². The van der Waals surface area contributed by atoms with Crippen molar-refractivity contribution >= 4 is 5.97 Å². The number of rotatable bonds is 3. The lowest BCUT2D eigenvalue weighted by molar-refractivity contribution is -0.148. The van der Waals surface area contributed by atoms with Gasteiger partial charge in [0.1, 0.15) is 0 Å². The number of ether oxygens (including phenoxy) is 1. The lowest BCUT2D eigenvalue weighted by atomic mass is 9.82. The van der Waals surface area contributed by atoms with E-state index in [1.165, 1.54) is 0 Å². The van der Waals surface area contributed by atoms with Gasteiger partial charge >= 0.3 is 5.97 Å². The minimum atomic E-state index is -1.59. The van der Waals surface area contributed by atoms with Gasteiger partial charge in [-0.25, -0.2) is 0 Å². The smallest absolute Gasteiger partial charge is 0.329 e. The average molecular weight is 271 g/mol. The van der Waals surface area contributed by atoms with Crippen molar-refractivity contribution in [3.63, 3.8) is 0 Å². The first-order chi connectivity index (χ1) is 9.64. The van der Waals surface area contributed by atoms with E-state index in [0.717, 1.165) is 32.1 Å². The maximum Gasteiger partial charge on any atom is 0.329 e. The van der Waals surface area contributed by atoms with E-state index in [4.69, 9.17) is 4.74 Å². The first kappa shape index (κ1) is 14.4. The van der Waals surface area contributed by atoms with Gasteiger partial charge in [0.15, 0.2) is 10.8 Å². The Morgan fingerprint density at radius 3 is 2.20 bits per heavy atom. The van der Waals surface area contributed by atoms with Crippen LogP contribution in [0.25, 0.3) is 0 Å². The maximum absolute atomic E-state index is 12.2. The highest BCUT2D eigenvalue weighted by Crippen LogP contribution is 2.73. The first-order valence-electron chi connectivity index (χ1n) is 7.05. The third-order valence-electron chi connectivity index (χ3n) is 4.72. The number of nitrogens with zero attached hydrogens (tertiary/aromatic N) is 3. The highest BCUT2D eigenvalue weighted by Gasteiger charge is 2.86. The standard InChI is InChI=1S/C15H17N3O2/c1-2-20-13(19)15(10-18)12(14(15,8-16)9-17)11-6-4-3-5-7-11/h11-12H,2-7H2,1H3/t12-,15+/m0/s1. The Kier molecular flexibility index (Phi) is 3.69. The second-order valence-corrected chi connectivity index (χ2v) is 5.55. The van der Waals surface area contributed by atoms with Crippen molar-refractivity contribution in [3.05, 3.63) is 0 Å². The molecule has 0 unspecified atom stereocenters. The van der Waals surface area contributed by atoms with E-state index in [0.29, 0.717) is 0 Å². The molecule has 0 heterocycles. The fourth-order valence-electron chi connectivity index (χ4n) is 3.75. The molecule has 0 spiro atoms. The summed E-state index contributed by atoms with van der Waals surface area (Å²) in [5.74, 6) is -1.12. The van der Waals surface area contributed by atoms with Crippen LogP contribution in [0.5, 0.6) is 0 Å².